The van der Waals surface area contributed by atoms with Crippen LogP contribution in [0, 0.1) is 6.57 Å². The summed E-state index contributed by atoms with van der Waals surface area (Å²) >= 11 is 0. The van der Waals surface area contributed by atoms with Gasteiger partial charge in [-0.15, -0.1) is 4.98 Å². The van der Waals surface area contributed by atoms with Crippen molar-refractivity contribution in [1.29, 1.82) is 0 Å². The van der Waals surface area contributed by atoms with E-state index < -0.39 is 5.60 Å². The van der Waals surface area contributed by atoms with Crippen molar-refractivity contribution < 1.29 is 9.53 Å². The molecule has 2 aromatic rings. The van der Waals surface area contributed by atoms with Crippen LogP contribution >= 0.6 is 0 Å². The number of carbonyl (C=O) groups excluding carboxylic acids is 1. The van der Waals surface area contributed by atoms with Crippen LogP contribution in [-0.4, -0.2) is 52.7 Å². The van der Waals surface area contributed by atoms with Crippen molar-refractivity contribution in [3.8, 4) is 11.1 Å². The third-order valence-electron chi connectivity index (χ3n) is 4.22. The van der Waals surface area contributed by atoms with Gasteiger partial charge in [0, 0.05) is 43.5 Å². The molecular weight excluding hydrogens is 342 g/mol. The minimum atomic E-state index is -0.483. The van der Waals surface area contributed by atoms with Crippen LogP contribution in [0.15, 0.2) is 36.8 Å². The number of anilines is 1. The van der Waals surface area contributed by atoms with Gasteiger partial charge in [-0.3, -0.25) is 4.98 Å². The molecule has 7 heteroatoms. The second kappa shape index (κ2) is 7.62. The molecule has 1 fully saturated rings. The molecule has 0 radical (unpaired) electrons. The summed E-state index contributed by atoms with van der Waals surface area (Å²) in [7, 11) is 0. The van der Waals surface area contributed by atoms with Gasteiger partial charge in [0.25, 0.3) is 5.82 Å². The van der Waals surface area contributed by atoms with E-state index in [2.05, 4.69) is 25.8 Å². The van der Waals surface area contributed by atoms with Gasteiger partial charge in [-0.2, -0.15) is 0 Å². The molecule has 3 heterocycles. The molecule has 1 aliphatic rings. The highest BCUT2D eigenvalue weighted by molar-refractivity contribution is 5.70. The van der Waals surface area contributed by atoms with Gasteiger partial charge in [0.2, 0.25) is 0 Å². The number of aromatic nitrogens is 2. The van der Waals surface area contributed by atoms with Gasteiger partial charge in [-0.1, -0.05) is 12.6 Å². The van der Waals surface area contributed by atoms with Crippen LogP contribution in [0.4, 0.5) is 16.3 Å². The highest BCUT2D eigenvalue weighted by Gasteiger charge is 2.26. The van der Waals surface area contributed by atoms with Crippen LogP contribution in [-0.2, 0) is 4.74 Å². The largest absolute Gasteiger partial charge is 0.444 e. The second-order valence-electron chi connectivity index (χ2n) is 7.40. The third kappa shape index (κ3) is 4.73. The molecule has 0 bridgehead atoms. The van der Waals surface area contributed by atoms with Gasteiger partial charge in [-0.25, -0.2) is 4.79 Å². The lowest BCUT2D eigenvalue weighted by Gasteiger charge is -2.36. The van der Waals surface area contributed by atoms with Gasteiger partial charge in [0.05, 0.1) is 11.9 Å². The summed E-state index contributed by atoms with van der Waals surface area (Å²) < 4.78 is 5.44. The van der Waals surface area contributed by atoms with Crippen LogP contribution in [0.2, 0.25) is 0 Å². The maximum absolute atomic E-state index is 12.2. The molecule has 0 saturated carbocycles. The predicted molar refractivity (Wildman–Crippen MR) is 104 cm³/mol. The third-order valence-corrected chi connectivity index (χ3v) is 4.22. The number of rotatable bonds is 2. The van der Waals surface area contributed by atoms with Crippen molar-refractivity contribution in [3.63, 3.8) is 0 Å². The second-order valence-corrected chi connectivity index (χ2v) is 7.40. The fraction of sp³-hybridized carbons (Fsp3) is 0.400. The number of carbonyl (C=O) groups is 1. The van der Waals surface area contributed by atoms with Crippen molar-refractivity contribution in [2.45, 2.75) is 26.4 Å². The summed E-state index contributed by atoms with van der Waals surface area (Å²) in [6.07, 6.45) is 5.04. The Bertz CT molecular complexity index is 844. The van der Waals surface area contributed by atoms with Crippen LogP contribution < -0.4 is 4.90 Å². The van der Waals surface area contributed by atoms with E-state index in [9.17, 15) is 4.79 Å². The standard InChI is InChI=1S/C20H23N5O2/c1-20(2,3)27-19(26)25-9-7-24(8-10-25)17-11-16(12-22-14-17)15-5-6-18(21-4)23-13-15/h5-6,11-14H,7-10H2,1-3H3. The Hall–Kier alpha value is -3.14. The lowest BCUT2D eigenvalue weighted by atomic mass is 10.1. The number of hydrogen-bond acceptors (Lipinski definition) is 5. The summed E-state index contributed by atoms with van der Waals surface area (Å²) in [6, 6.07) is 5.64. The number of nitrogens with zero attached hydrogens (tertiary/aromatic N) is 5. The number of pyridine rings is 2. The Morgan fingerprint density at radius 1 is 1.11 bits per heavy atom. The number of piperazine rings is 1. The lowest BCUT2D eigenvalue weighted by Crippen LogP contribution is -2.50. The van der Waals surface area contributed by atoms with Gasteiger partial charge in [-0.05, 0) is 32.9 Å². The average Bonchev–Trinajstić information content (AvgIpc) is 2.67. The first-order valence-electron chi connectivity index (χ1n) is 8.87. The molecule has 0 aliphatic carbocycles. The van der Waals surface area contributed by atoms with E-state index in [0.29, 0.717) is 18.9 Å². The quantitative estimate of drug-likeness (QED) is 0.759. The molecule has 0 unspecified atom stereocenters. The van der Waals surface area contributed by atoms with Gasteiger partial charge >= 0.3 is 6.09 Å². The average molecular weight is 365 g/mol. The Labute approximate surface area is 159 Å². The van der Waals surface area contributed by atoms with Crippen LogP contribution in [0.3, 0.4) is 0 Å². The zero-order valence-corrected chi connectivity index (χ0v) is 15.8. The van der Waals surface area contributed by atoms with Crippen LogP contribution in [0.5, 0.6) is 0 Å². The molecule has 1 saturated heterocycles. The van der Waals surface area contributed by atoms with Gasteiger partial charge in [0.1, 0.15) is 11.8 Å². The summed E-state index contributed by atoms with van der Waals surface area (Å²) in [5.74, 6) is 0.376. The lowest BCUT2D eigenvalue weighted by molar-refractivity contribution is 0.0240. The van der Waals surface area contributed by atoms with Gasteiger partial charge in [0.15, 0.2) is 0 Å². The highest BCUT2D eigenvalue weighted by atomic mass is 16.6. The summed E-state index contributed by atoms with van der Waals surface area (Å²) in [5.41, 5.74) is 2.39. The first-order chi connectivity index (χ1) is 12.9. The topological polar surface area (TPSA) is 62.9 Å². The van der Waals surface area contributed by atoms with E-state index in [1.165, 1.54) is 0 Å². The SMILES string of the molecule is [C-]#[N+]c1ccc(-c2cncc(N3CCN(C(=O)OC(C)(C)C)CC3)c2)cn1. The van der Waals surface area contributed by atoms with Crippen molar-refractivity contribution in [3.05, 3.63) is 48.2 Å². The van der Waals surface area contributed by atoms with Crippen molar-refractivity contribution in [1.82, 2.24) is 14.9 Å². The maximum atomic E-state index is 12.2. The Morgan fingerprint density at radius 3 is 2.44 bits per heavy atom. The molecule has 2 aromatic heterocycles. The molecule has 0 atom stereocenters. The Kier molecular flexibility index (Phi) is 5.26. The predicted octanol–water partition coefficient (Wildman–Crippen LogP) is 3.75. The normalized spacial score (nSPS) is 14.6. The molecule has 140 valence electrons. The van der Waals surface area contributed by atoms with Crippen LogP contribution in [0.1, 0.15) is 20.8 Å². The molecule has 1 amide bonds. The van der Waals surface area contributed by atoms with Gasteiger partial charge < -0.3 is 19.4 Å². The molecule has 1 aliphatic heterocycles. The zero-order valence-electron chi connectivity index (χ0n) is 15.8. The number of hydrogen-bond donors (Lipinski definition) is 0. The molecular formula is C20H23N5O2. The first-order valence-corrected chi connectivity index (χ1v) is 8.87. The Morgan fingerprint density at radius 2 is 1.85 bits per heavy atom. The zero-order chi connectivity index (χ0) is 19.4. The Balaban J connectivity index is 1.66. The summed E-state index contributed by atoms with van der Waals surface area (Å²) in [4.78, 5) is 27.9. The minimum absolute atomic E-state index is 0.264. The fourth-order valence-corrected chi connectivity index (χ4v) is 2.86. The van der Waals surface area contributed by atoms with E-state index in [4.69, 9.17) is 11.3 Å². The molecule has 0 spiro atoms. The van der Waals surface area contributed by atoms with Crippen molar-refractivity contribution in [2.24, 2.45) is 0 Å². The fourth-order valence-electron chi connectivity index (χ4n) is 2.86. The smallest absolute Gasteiger partial charge is 0.410 e. The molecule has 0 N–H and O–H groups in total. The van der Waals surface area contributed by atoms with Crippen LogP contribution in [0.25, 0.3) is 16.0 Å². The summed E-state index contributed by atoms with van der Waals surface area (Å²) in [6.45, 7) is 15.3. The van der Waals surface area contributed by atoms with E-state index >= 15 is 0 Å². The molecule has 3 rings (SSSR count). The molecule has 0 aromatic carbocycles. The van der Waals surface area contributed by atoms with E-state index in [-0.39, 0.29) is 6.09 Å². The number of ether oxygens (including phenoxy) is 1. The highest BCUT2D eigenvalue weighted by Crippen LogP contribution is 2.25. The number of amides is 1. The maximum Gasteiger partial charge on any atom is 0.410 e. The molecule has 7 nitrogen and oxygen atoms in total. The van der Waals surface area contributed by atoms with E-state index in [1.54, 1.807) is 23.4 Å². The van der Waals surface area contributed by atoms with E-state index in [0.717, 1.165) is 29.9 Å². The van der Waals surface area contributed by atoms with Crippen molar-refractivity contribution in [2.75, 3.05) is 31.1 Å². The molecule has 27 heavy (non-hydrogen) atoms. The monoisotopic (exact) mass is 365 g/mol. The van der Waals surface area contributed by atoms with Crippen molar-refractivity contribution >= 4 is 17.6 Å². The minimum Gasteiger partial charge on any atom is -0.444 e. The first kappa shape index (κ1) is 18.6. The van der Waals surface area contributed by atoms with E-state index in [1.807, 2.05) is 33.0 Å². The summed E-state index contributed by atoms with van der Waals surface area (Å²) in [5, 5.41) is 0.